The molecular formula is C31H58NO7+. The highest BCUT2D eigenvalue weighted by Gasteiger charge is 2.21. The van der Waals surface area contributed by atoms with Crippen molar-refractivity contribution in [3.63, 3.8) is 0 Å². The summed E-state index contributed by atoms with van der Waals surface area (Å²) in [5, 5.41) is 0. The highest BCUT2D eigenvalue weighted by Crippen LogP contribution is 2.12. The van der Waals surface area contributed by atoms with Gasteiger partial charge in [0.05, 0.1) is 27.3 Å². The molecule has 0 saturated carbocycles. The maximum atomic E-state index is 12.0. The highest BCUT2D eigenvalue weighted by atomic mass is 16.5. The topological polar surface area (TPSA) is 96.0 Å². The van der Waals surface area contributed by atoms with Gasteiger partial charge >= 0.3 is 17.9 Å². The van der Waals surface area contributed by atoms with E-state index in [1.165, 1.54) is 45.4 Å². The third-order valence-corrected chi connectivity index (χ3v) is 6.78. The molecule has 0 bridgehead atoms. The predicted octanol–water partition coefficient (Wildman–Crippen LogP) is 6.32. The molecule has 39 heavy (non-hydrogen) atoms. The van der Waals surface area contributed by atoms with Crippen LogP contribution in [0.5, 0.6) is 0 Å². The van der Waals surface area contributed by atoms with Gasteiger partial charge in [-0.15, -0.1) is 0 Å². The fourth-order valence-electron chi connectivity index (χ4n) is 4.32. The molecule has 0 aromatic rings. The van der Waals surface area contributed by atoms with E-state index < -0.39 is 0 Å². The van der Waals surface area contributed by atoms with Crippen LogP contribution in [-0.2, 0) is 33.4 Å². The second kappa shape index (κ2) is 25.0. The summed E-state index contributed by atoms with van der Waals surface area (Å²) < 4.78 is 16.1. The van der Waals surface area contributed by atoms with E-state index in [-0.39, 0.29) is 30.2 Å². The van der Waals surface area contributed by atoms with Crippen LogP contribution >= 0.6 is 0 Å². The number of likely N-dealkylation sites (N-methyl/N-ethyl adjacent to an activating group) is 1. The lowest BCUT2D eigenvalue weighted by Crippen LogP contribution is -2.46. The molecule has 0 unspecified atom stereocenters. The lowest BCUT2D eigenvalue weighted by Gasteiger charge is -2.28. The summed E-state index contributed by atoms with van der Waals surface area (Å²) in [5.74, 6) is -0.301. The van der Waals surface area contributed by atoms with E-state index in [9.17, 15) is 19.2 Å². The summed E-state index contributed by atoms with van der Waals surface area (Å²) in [5.41, 5.74) is 0. The second-order valence-electron chi connectivity index (χ2n) is 11.5. The predicted molar refractivity (Wildman–Crippen MR) is 154 cm³/mol. The van der Waals surface area contributed by atoms with Gasteiger partial charge in [-0.25, -0.2) is 4.79 Å². The van der Waals surface area contributed by atoms with Gasteiger partial charge in [0.2, 0.25) is 0 Å². The van der Waals surface area contributed by atoms with Crippen LogP contribution in [0.3, 0.4) is 0 Å². The average molecular weight is 557 g/mol. The molecule has 0 fully saturated rings. The molecule has 0 saturated heterocycles. The second-order valence-corrected chi connectivity index (χ2v) is 11.5. The Morgan fingerprint density at radius 1 is 0.487 bits per heavy atom. The van der Waals surface area contributed by atoms with Crippen LogP contribution in [0.25, 0.3) is 0 Å². The first kappa shape index (κ1) is 37.0. The lowest BCUT2D eigenvalue weighted by molar-refractivity contribution is -0.883. The van der Waals surface area contributed by atoms with Gasteiger partial charge in [-0.05, 0) is 32.6 Å². The molecule has 0 rings (SSSR count). The van der Waals surface area contributed by atoms with Crippen molar-refractivity contribution in [2.75, 3.05) is 47.0 Å². The largest absolute Gasteiger partial charge is 0.466 e. The molecule has 0 spiro atoms. The fraction of sp³-hybridized carbons (Fsp3) is 0.871. The quantitative estimate of drug-likeness (QED) is 0.0505. The summed E-state index contributed by atoms with van der Waals surface area (Å²) in [6, 6.07) is 0. The molecular weight excluding hydrogens is 498 g/mol. The molecule has 0 aliphatic carbocycles. The smallest absolute Gasteiger partial charge is 0.361 e. The third-order valence-electron chi connectivity index (χ3n) is 6.78. The number of carbonyl (C=O) groups is 4. The average Bonchev–Trinajstić information content (AvgIpc) is 2.84. The zero-order valence-electron chi connectivity index (χ0n) is 25.6. The molecule has 0 atom stereocenters. The number of ketones is 1. The zero-order chi connectivity index (χ0) is 29.2. The Morgan fingerprint density at radius 3 is 1.36 bits per heavy atom. The molecule has 0 aliphatic heterocycles. The van der Waals surface area contributed by atoms with Crippen molar-refractivity contribution in [3.8, 4) is 0 Å². The summed E-state index contributed by atoms with van der Waals surface area (Å²) >= 11 is 0. The first-order valence-electron chi connectivity index (χ1n) is 15.4. The molecule has 8 nitrogen and oxygen atoms in total. The van der Waals surface area contributed by atoms with Gasteiger partial charge in [0.1, 0.15) is 18.9 Å². The third kappa shape index (κ3) is 28.9. The first-order chi connectivity index (χ1) is 18.6. The maximum Gasteiger partial charge on any atom is 0.361 e. The van der Waals surface area contributed by atoms with E-state index in [4.69, 9.17) is 14.2 Å². The number of ether oxygens (including phenoxy) is 3. The lowest BCUT2D eigenvalue weighted by atomic mass is 10.1. The minimum absolute atomic E-state index is 0.0653. The number of hydrogen-bond acceptors (Lipinski definition) is 7. The molecule has 0 aliphatic rings. The van der Waals surface area contributed by atoms with Gasteiger partial charge in [0.25, 0.3) is 0 Å². The molecule has 0 aromatic carbocycles. The summed E-state index contributed by atoms with van der Waals surface area (Å²) in [7, 11) is 3.84. The van der Waals surface area contributed by atoms with E-state index in [1.54, 1.807) is 6.92 Å². The Labute approximate surface area is 238 Å². The number of nitrogens with zero attached hydrogens (tertiary/aromatic N) is 1. The summed E-state index contributed by atoms with van der Waals surface area (Å²) in [4.78, 5) is 45.6. The van der Waals surface area contributed by atoms with Crippen molar-refractivity contribution < 1.29 is 37.9 Å². The normalized spacial score (nSPS) is 11.3. The van der Waals surface area contributed by atoms with Crippen LogP contribution in [0.1, 0.15) is 129 Å². The van der Waals surface area contributed by atoms with Gasteiger partial charge in [-0.1, -0.05) is 77.0 Å². The number of rotatable bonds is 27. The zero-order valence-corrected chi connectivity index (χ0v) is 25.6. The van der Waals surface area contributed by atoms with Crippen molar-refractivity contribution in [2.45, 2.75) is 129 Å². The molecule has 228 valence electrons. The van der Waals surface area contributed by atoms with Crippen molar-refractivity contribution >= 4 is 23.7 Å². The van der Waals surface area contributed by atoms with Crippen LogP contribution in [0.4, 0.5) is 0 Å². The Hall–Kier alpha value is -1.96. The maximum absolute atomic E-state index is 12.0. The number of carbonyl (C=O) groups excluding carboxylic acids is 4. The minimum Gasteiger partial charge on any atom is -0.466 e. The highest BCUT2D eigenvalue weighted by molar-refractivity contribution is 5.75. The van der Waals surface area contributed by atoms with E-state index in [0.29, 0.717) is 43.7 Å². The van der Waals surface area contributed by atoms with Crippen LogP contribution in [0, 0.1) is 0 Å². The van der Waals surface area contributed by atoms with Crippen molar-refractivity contribution in [2.24, 2.45) is 0 Å². The van der Waals surface area contributed by atoms with Crippen molar-refractivity contribution in [1.82, 2.24) is 0 Å². The van der Waals surface area contributed by atoms with E-state index >= 15 is 0 Å². The SMILES string of the molecule is CC(=O)CCCCCCCCCCC(=O)OCCCCCCCCCCOC(=O)C[N+](C)(C)CCOC(C)=O. The van der Waals surface area contributed by atoms with E-state index in [2.05, 4.69) is 0 Å². The number of hydrogen-bond donors (Lipinski definition) is 0. The molecule has 0 aromatic heterocycles. The van der Waals surface area contributed by atoms with Crippen LogP contribution < -0.4 is 0 Å². The molecule has 0 radical (unpaired) electrons. The molecule has 0 N–H and O–H groups in total. The van der Waals surface area contributed by atoms with Gasteiger partial charge in [-0.2, -0.15) is 0 Å². The van der Waals surface area contributed by atoms with E-state index in [1.807, 2.05) is 14.1 Å². The molecule has 8 heteroatoms. The fourth-order valence-corrected chi connectivity index (χ4v) is 4.32. The van der Waals surface area contributed by atoms with Crippen LogP contribution in [-0.4, -0.2) is 75.2 Å². The Kier molecular flexibility index (Phi) is 23.8. The van der Waals surface area contributed by atoms with Gasteiger partial charge in [-0.3, -0.25) is 9.59 Å². The Bertz CT molecular complexity index is 663. The number of Topliss-reactive ketones (excluding diaryl/α,β-unsaturated/α-hetero) is 1. The van der Waals surface area contributed by atoms with Crippen LogP contribution in [0.2, 0.25) is 0 Å². The standard InChI is InChI=1S/C31H58NO7/c1-28(33)21-17-13-9-5-6-10-14-18-22-30(35)38-24-19-15-11-7-8-12-16-20-25-39-31(36)27-32(3,4)23-26-37-29(2)34/h5-27H2,1-4H3/q+1. The summed E-state index contributed by atoms with van der Waals surface area (Å²) in [6.45, 7) is 5.16. The van der Waals surface area contributed by atoms with Gasteiger partial charge in [0.15, 0.2) is 6.54 Å². The van der Waals surface area contributed by atoms with Gasteiger partial charge < -0.3 is 23.5 Å². The number of unbranched alkanes of at least 4 members (excludes halogenated alkanes) is 14. The monoisotopic (exact) mass is 556 g/mol. The van der Waals surface area contributed by atoms with Gasteiger partial charge in [0, 0.05) is 19.8 Å². The molecule has 0 heterocycles. The number of quaternary nitrogens is 1. The Balaban J connectivity index is 3.39. The molecule has 0 amide bonds. The Morgan fingerprint density at radius 2 is 0.897 bits per heavy atom. The van der Waals surface area contributed by atoms with E-state index in [0.717, 1.165) is 64.2 Å². The first-order valence-corrected chi connectivity index (χ1v) is 15.4. The summed E-state index contributed by atoms with van der Waals surface area (Å²) in [6.07, 6.45) is 18.8. The van der Waals surface area contributed by atoms with Crippen molar-refractivity contribution in [1.29, 1.82) is 0 Å². The number of esters is 3. The van der Waals surface area contributed by atoms with Crippen LogP contribution in [0.15, 0.2) is 0 Å². The minimum atomic E-state index is -0.308. The van der Waals surface area contributed by atoms with Crippen molar-refractivity contribution in [3.05, 3.63) is 0 Å².